The van der Waals surface area contributed by atoms with Crippen LogP contribution in [-0.4, -0.2) is 31.8 Å². The predicted molar refractivity (Wildman–Crippen MR) is 104 cm³/mol. The third-order valence-corrected chi connectivity index (χ3v) is 3.99. The highest BCUT2D eigenvalue weighted by Gasteiger charge is 2.25. The van der Waals surface area contributed by atoms with E-state index in [0.29, 0.717) is 5.92 Å². The van der Waals surface area contributed by atoms with E-state index in [9.17, 15) is 19.7 Å². The highest BCUT2D eigenvalue weighted by atomic mass is 16.6. The molecule has 0 spiro atoms. The molecule has 0 aliphatic heterocycles. The highest BCUT2D eigenvalue weighted by Crippen LogP contribution is 2.25. The van der Waals surface area contributed by atoms with Gasteiger partial charge >= 0.3 is 5.97 Å². The van der Waals surface area contributed by atoms with Crippen LogP contribution in [0.5, 0.6) is 0 Å². The van der Waals surface area contributed by atoms with Crippen LogP contribution in [0.4, 0.5) is 5.69 Å². The smallest absolute Gasteiger partial charge is 0.308 e. The first-order valence-corrected chi connectivity index (χ1v) is 9.29. The van der Waals surface area contributed by atoms with E-state index >= 15 is 0 Å². The normalized spacial score (nSPS) is 11.0. The molecular formula is C19H25N5O5. The molecule has 0 saturated heterocycles. The average molecular weight is 403 g/mol. The van der Waals surface area contributed by atoms with E-state index in [1.807, 2.05) is 0 Å². The van der Waals surface area contributed by atoms with Gasteiger partial charge in [-0.1, -0.05) is 39.0 Å². The number of carbonyl (C=O) groups excluding carboxylic acids is 2. The second kappa shape index (κ2) is 9.76. The van der Waals surface area contributed by atoms with Crippen LogP contribution in [0.25, 0.3) is 0 Å². The second-order valence-electron chi connectivity index (χ2n) is 7.34. The van der Waals surface area contributed by atoms with Gasteiger partial charge in [-0.15, -0.1) is 5.10 Å². The van der Waals surface area contributed by atoms with Gasteiger partial charge in [0.05, 0.1) is 28.3 Å². The summed E-state index contributed by atoms with van der Waals surface area (Å²) in [6.07, 6.45) is 2.48. The number of ether oxygens (including phenoxy) is 1. The molecule has 1 heterocycles. The number of nitrogens with one attached hydrogen (secondary N) is 1. The molecule has 1 amide bonds. The second-order valence-corrected chi connectivity index (χ2v) is 7.34. The first-order valence-electron chi connectivity index (χ1n) is 9.29. The Morgan fingerprint density at radius 1 is 1.28 bits per heavy atom. The summed E-state index contributed by atoms with van der Waals surface area (Å²) in [5, 5.41) is 22.1. The van der Waals surface area contributed by atoms with Crippen LogP contribution in [-0.2, 0) is 29.2 Å². The maximum absolute atomic E-state index is 12.5. The first-order chi connectivity index (χ1) is 13.7. The molecule has 1 aromatic heterocycles. The lowest BCUT2D eigenvalue weighted by atomic mass is 10.1. The minimum Gasteiger partial charge on any atom is -0.460 e. The molecule has 29 heavy (non-hydrogen) atoms. The predicted octanol–water partition coefficient (Wildman–Crippen LogP) is 2.47. The summed E-state index contributed by atoms with van der Waals surface area (Å²) < 4.78 is 6.54. The van der Waals surface area contributed by atoms with E-state index in [0.717, 1.165) is 12.1 Å². The Morgan fingerprint density at radius 2 is 2.00 bits per heavy atom. The zero-order valence-electron chi connectivity index (χ0n) is 16.9. The van der Waals surface area contributed by atoms with Crippen molar-refractivity contribution in [3.8, 4) is 0 Å². The molecule has 0 aliphatic rings. The third kappa shape index (κ3) is 6.09. The number of aromatic nitrogens is 3. The molecule has 0 saturated carbocycles. The molecule has 2 rings (SSSR count). The van der Waals surface area contributed by atoms with Gasteiger partial charge in [0.15, 0.2) is 0 Å². The zero-order chi connectivity index (χ0) is 21.6. The van der Waals surface area contributed by atoms with Gasteiger partial charge in [0.25, 0.3) is 11.6 Å². The van der Waals surface area contributed by atoms with Crippen LogP contribution in [0.3, 0.4) is 0 Å². The number of nitro groups is 1. The van der Waals surface area contributed by atoms with Gasteiger partial charge in [-0.3, -0.25) is 19.7 Å². The van der Waals surface area contributed by atoms with E-state index in [2.05, 4.69) is 29.5 Å². The van der Waals surface area contributed by atoms with Crippen LogP contribution in [0.2, 0.25) is 0 Å². The molecule has 0 radical (unpaired) electrons. The van der Waals surface area contributed by atoms with Crippen LogP contribution in [0, 0.1) is 22.0 Å². The van der Waals surface area contributed by atoms with E-state index in [1.54, 1.807) is 20.0 Å². The van der Waals surface area contributed by atoms with Crippen molar-refractivity contribution in [1.29, 1.82) is 0 Å². The SMILES string of the molecule is CC(C)Cc1cn(CNC(=O)c2cccc(COC(=O)C(C)C)c2[N+](=O)[O-])nn1. The van der Waals surface area contributed by atoms with Gasteiger partial charge < -0.3 is 10.1 Å². The molecule has 0 aliphatic carbocycles. The Hall–Kier alpha value is -3.30. The maximum Gasteiger partial charge on any atom is 0.308 e. The van der Waals surface area contributed by atoms with Crippen molar-refractivity contribution in [3.05, 3.63) is 51.3 Å². The quantitative estimate of drug-likeness (QED) is 0.387. The van der Waals surface area contributed by atoms with Crippen molar-refractivity contribution >= 4 is 17.6 Å². The summed E-state index contributed by atoms with van der Waals surface area (Å²) in [6, 6.07) is 4.32. The average Bonchev–Trinajstić information content (AvgIpc) is 3.09. The van der Waals surface area contributed by atoms with Crippen molar-refractivity contribution in [2.45, 2.75) is 47.4 Å². The van der Waals surface area contributed by atoms with E-state index in [1.165, 1.54) is 22.9 Å². The lowest BCUT2D eigenvalue weighted by molar-refractivity contribution is -0.386. The fourth-order valence-corrected chi connectivity index (χ4v) is 2.60. The lowest BCUT2D eigenvalue weighted by Crippen LogP contribution is -2.27. The van der Waals surface area contributed by atoms with Crippen LogP contribution in [0.1, 0.15) is 49.3 Å². The largest absolute Gasteiger partial charge is 0.460 e. The number of hydrogen-bond acceptors (Lipinski definition) is 7. The minimum absolute atomic E-state index is 0.0215. The summed E-state index contributed by atoms with van der Waals surface area (Å²) in [6.45, 7) is 7.19. The number of benzene rings is 1. The number of hydrogen-bond donors (Lipinski definition) is 1. The number of amides is 1. The van der Waals surface area contributed by atoms with Crippen molar-refractivity contribution in [2.75, 3.05) is 0 Å². The fraction of sp³-hybridized carbons (Fsp3) is 0.474. The monoisotopic (exact) mass is 403 g/mol. The van der Waals surface area contributed by atoms with Gasteiger partial charge in [-0.2, -0.15) is 0 Å². The van der Waals surface area contributed by atoms with Crippen LogP contribution < -0.4 is 5.32 Å². The Balaban J connectivity index is 2.12. The molecule has 10 heteroatoms. The Labute approximate surface area is 168 Å². The summed E-state index contributed by atoms with van der Waals surface area (Å²) in [4.78, 5) is 35.1. The Morgan fingerprint density at radius 3 is 2.62 bits per heavy atom. The Kier molecular flexibility index (Phi) is 7.40. The zero-order valence-corrected chi connectivity index (χ0v) is 16.9. The van der Waals surface area contributed by atoms with Gasteiger partial charge in [0.2, 0.25) is 0 Å². The molecule has 1 aromatic carbocycles. The fourth-order valence-electron chi connectivity index (χ4n) is 2.60. The summed E-state index contributed by atoms with van der Waals surface area (Å²) in [5.74, 6) is -1.04. The van der Waals surface area contributed by atoms with Crippen molar-refractivity contribution in [2.24, 2.45) is 11.8 Å². The molecule has 0 fully saturated rings. The van der Waals surface area contributed by atoms with Gasteiger partial charge in [-0.05, 0) is 24.5 Å². The van der Waals surface area contributed by atoms with E-state index < -0.39 is 16.8 Å². The molecule has 10 nitrogen and oxygen atoms in total. The number of rotatable bonds is 9. The molecule has 0 unspecified atom stereocenters. The number of nitrogens with zero attached hydrogens (tertiary/aromatic N) is 4. The highest BCUT2D eigenvalue weighted by molar-refractivity contribution is 5.98. The van der Waals surface area contributed by atoms with Gasteiger partial charge in [0, 0.05) is 0 Å². The molecule has 156 valence electrons. The number of para-hydroxylation sites is 1. The molecule has 2 aromatic rings. The summed E-state index contributed by atoms with van der Waals surface area (Å²) >= 11 is 0. The van der Waals surface area contributed by atoms with Crippen LogP contribution in [0.15, 0.2) is 24.4 Å². The third-order valence-electron chi connectivity index (χ3n) is 3.99. The minimum atomic E-state index is -0.649. The van der Waals surface area contributed by atoms with Crippen molar-refractivity contribution < 1.29 is 19.2 Å². The van der Waals surface area contributed by atoms with Gasteiger partial charge in [0.1, 0.15) is 18.8 Å². The standard InChI is InChI=1S/C19H25N5O5/c1-12(2)8-15-9-23(22-21-15)11-20-18(25)16-7-5-6-14(17(16)24(27)28)10-29-19(26)13(3)4/h5-7,9,12-13H,8,10-11H2,1-4H3,(H,20,25). The molecule has 0 atom stereocenters. The first kappa shape index (κ1) is 22.0. The molecular weight excluding hydrogens is 378 g/mol. The van der Waals surface area contributed by atoms with Crippen molar-refractivity contribution in [3.63, 3.8) is 0 Å². The Bertz CT molecular complexity index is 891. The summed E-state index contributed by atoms with van der Waals surface area (Å²) in [5.41, 5.74) is 0.446. The molecule has 0 bridgehead atoms. The maximum atomic E-state index is 12.5. The van der Waals surface area contributed by atoms with E-state index in [-0.39, 0.29) is 36.0 Å². The van der Waals surface area contributed by atoms with E-state index in [4.69, 9.17) is 4.74 Å². The van der Waals surface area contributed by atoms with Gasteiger partial charge in [-0.25, -0.2) is 4.68 Å². The molecule has 1 N–H and O–H groups in total. The lowest BCUT2D eigenvalue weighted by Gasteiger charge is -2.10. The van der Waals surface area contributed by atoms with Crippen LogP contribution >= 0.6 is 0 Å². The van der Waals surface area contributed by atoms with Crippen molar-refractivity contribution in [1.82, 2.24) is 20.3 Å². The number of carbonyl (C=O) groups is 2. The number of nitro benzene ring substituents is 1. The topological polar surface area (TPSA) is 129 Å². The summed E-state index contributed by atoms with van der Waals surface area (Å²) in [7, 11) is 0. The number of esters is 1.